The van der Waals surface area contributed by atoms with Crippen LogP contribution in [0.2, 0.25) is 0 Å². The van der Waals surface area contributed by atoms with Gasteiger partial charge in [0.2, 0.25) is 0 Å². The third kappa shape index (κ3) is 7.73. The molecule has 2 fully saturated rings. The fraction of sp³-hybridized carbons (Fsp3) is 0.364. The highest BCUT2D eigenvalue weighted by molar-refractivity contribution is 5.97. The minimum atomic E-state index is -1.11. The Kier molecular flexibility index (Phi) is 10.2. The molecule has 2 saturated heterocycles. The number of nitrogens with one attached hydrogen (secondary N) is 1. The molecular weight excluding hydrogens is 420 g/mol. The Hall–Kier alpha value is -3.34. The zero-order valence-corrected chi connectivity index (χ0v) is 17.6. The van der Waals surface area contributed by atoms with Gasteiger partial charge in [-0.05, 0) is 24.3 Å². The van der Waals surface area contributed by atoms with Gasteiger partial charge >= 0.3 is 11.9 Å². The summed E-state index contributed by atoms with van der Waals surface area (Å²) >= 11 is 0. The van der Waals surface area contributed by atoms with Gasteiger partial charge in [0.05, 0.1) is 32.1 Å². The number of nitrogens with zero attached hydrogens (tertiary/aromatic N) is 1. The van der Waals surface area contributed by atoms with Gasteiger partial charge in [-0.2, -0.15) is 0 Å². The van der Waals surface area contributed by atoms with E-state index < -0.39 is 11.9 Å². The standard InChI is InChI=1S/C11H13NO4.C7H6O3.C4H9NO/c13-9-3-1-2-8(10(9)11(14)15)12-4-6-16-7-5-12;8-6-4-2-1-3-5(6)7(9)10;1-3-6-4-2-5-1/h1-3,13H,4-7H2,(H,14,15);1-4,8H,(H,9,10);5H,1-4H2. The van der Waals surface area contributed by atoms with Gasteiger partial charge in [-0.1, -0.05) is 18.2 Å². The van der Waals surface area contributed by atoms with Crippen LogP contribution >= 0.6 is 0 Å². The van der Waals surface area contributed by atoms with Crippen molar-refractivity contribution in [1.29, 1.82) is 0 Å². The first-order chi connectivity index (χ1) is 15.4. The molecule has 0 aliphatic carbocycles. The molecule has 0 atom stereocenters. The second kappa shape index (κ2) is 13.2. The molecule has 0 aromatic heterocycles. The summed E-state index contributed by atoms with van der Waals surface area (Å²) in [5.41, 5.74) is 0.447. The van der Waals surface area contributed by atoms with Crippen molar-refractivity contribution in [2.45, 2.75) is 0 Å². The van der Waals surface area contributed by atoms with Crippen LogP contribution in [0.3, 0.4) is 0 Å². The quantitative estimate of drug-likeness (QED) is 0.469. The Balaban J connectivity index is 0.000000192. The summed E-state index contributed by atoms with van der Waals surface area (Å²) in [7, 11) is 0. The van der Waals surface area contributed by atoms with Gasteiger partial charge in [0.15, 0.2) is 0 Å². The number of carboxylic acid groups (broad SMARTS) is 2. The fourth-order valence-corrected chi connectivity index (χ4v) is 2.99. The number of rotatable bonds is 3. The maximum Gasteiger partial charge on any atom is 0.341 e. The predicted molar refractivity (Wildman–Crippen MR) is 117 cm³/mol. The molecule has 2 aromatic carbocycles. The molecule has 0 unspecified atom stereocenters. The molecule has 2 heterocycles. The second-order valence-electron chi connectivity index (χ2n) is 6.76. The number of morpholine rings is 2. The SMILES string of the molecule is C1COCCN1.O=C(O)c1c(O)cccc1N1CCOCC1.O=C(O)c1ccccc1O. The third-order valence-electron chi connectivity index (χ3n) is 4.57. The van der Waals surface area contributed by atoms with E-state index >= 15 is 0 Å². The summed E-state index contributed by atoms with van der Waals surface area (Å²) in [4.78, 5) is 23.2. The van der Waals surface area contributed by atoms with E-state index in [2.05, 4.69) is 5.32 Å². The van der Waals surface area contributed by atoms with Crippen LogP contribution in [0.15, 0.2) is 42.5 Å². The normalized spacial score (nSPS) is 15.4. The van der Waals surface area contributed by atoms with Gasteiger partial charge in [-0.15, -0.1) is 0 Å². The number of carbonyl (C=O) groups is 2. The summed E-state index contributed by atoms with van der Waals surface area (Å²) < 4.78 is 10.2. The number of carboxylic acids is 2. The molecule has 32 heavy (non-hydrogen) atoms. The van der Waals surface area contributed by atoms with Crippen LogP contribution in [0.4, 0.5) is 5.69 Å². The third-order valence-corrected chi connectivity index (χ3v) is 4.57. The second-order valence-corrected chi connectivity index (χ2v) is 6.76. The van der Waals surface area contributed by atoms with Gasteiger partial charge in [0, 0.05) is 26.2 Å². The molecule has 10 heteroatoms. The lowest BCUT2D eigenvalue weighted by atomic mass is 10.1. The van der Waals surface area contributed by atoms with Crippen LogP contribution in [0.5, 0.6) is 11.5 Å². The Bertz CT molecular complexity index is 868. The van der Waals surface area contributed by atoms with Crippen LogP contribution < -0.4 is 10.2 Å². The van der Waals surface area contributed by atoms with Crippen LogP contribution in [0.25, 0.3) is 0 Å². The first-order valence-corrected chi connectivity index (χ1v) is 10.1. The molecule has 2 aromatic rings. The number of para-hydroxylation sites is 1. The topological polar surface area (TPSA) is 149 Å². The van der Waals surface area contributed by atoms with Crippen molar-refractivity contribution in [3.05, 3.63) is 53.6 Å². The van der Waals surface area contributed by atoms with E-state index in [1.807, 2.05) is 4.90 Å². The van der Waals surface area contributed by atoms with E-state index in [0.717, 1.165) is 26.3 Å². The van der Waals surface area contributed by atoms with Gasteiger partial charge in [0.25, 0.3) is 0 Å². The summed E-state index contributed by atoms with van der Waals surface area (Å²) in [6.07, 6.45) is 0. The lowest BCUT2D eigenvalue weighted by molar-refractivity contribution is 0.0682. The van der Waals surface area contributed by atoms with E-state index in [9.17, 15) is 14.7 Å². The monoisotopic (exact) mass is 448 g/mol. The number of aromatic carboxylic acids is 2. The Morgan fingerprint density at radius 2 is 1.38 bits per heavy atom. The molecule has 0 bridgehead atoms. The average Bonchev–Trinajstić information content (AvgIpc) is 2.81. The largest absolute Gasteiger partial charge is 0.507 e. The highest BCUT2D eigenvalue weighted by atomic mass is 16.5. The van der Waals surface area contributed by atoms with Crippen molar-refractivity contribution < 1.29 is 39.5 Å². The van der Waals surface area contributed by atoms with Gasteiger partial charge in [-0.3, -0.25) is 0 Å². The highest BCUT2D eigenvalue weighted by Crippen LogP contribution is 2.28. The number of ether oxygens (including phenoxy) is 2. The number of anilines is 1. The molecule has 2 aliphatic heterocycles. The molecule has 2 aliphatic rings. The molecule has 0 amide bonds. The molecule has 0 radical (unpaired) electrons. The Morgan fingerprint density at radius 1 is 0.781 bits per heavy atom. The van der Waals surface area contributed by atoms with E-state index in [4.69, 9.17) is 24.8 Å². The number of aromatic hydroxyl groups is 2. The molecular formula is C22H28N2O8. The number of phenols is 2. The highest BCUT2D eigenvalue weighted by Gasteiger charge is 2.21. The van der Waals surface area contributed by atoms with Crippen molar-refractivity contribution in [2.24, 2.45) is 0 Å². The fourth-order valence-electron chi connectivity index (χ4n) is 2.99. The van der Waals surface area contributed by atoms with E-state index in [1.54, 1.807) is 24.3 Å². The van der Waals surface area contributed by atoms with Crippen molar-refractivity contribution in [3.63, 3.8) is 0 Å². The van der Waals surface area contributed by atoms with Crippen molar-refractivity contribution in [3.8, 4) is 11.5 Å². The van der Waals surface area contributed by atoms with Crippen molar-refractivity contribution >= 4 is 17.6 Å². The minimum Gasteiger partial charge on any atom is -0.507 e. The zero-order chi connectivity index (χ0) is 23.3. The summed E-state index contributed by atoms with van der Waals surface area (Å²) in [6, 6.07) is 10.5. The Labute approximate surface area is 185 Å². The van der Waals surface area contributed by atoms with Crippen LogP contribution in [-0.2, 0) is 9.47 Å². The summed E-state index contributed by atoms with van der Waals surface area (Å²) in [5, 5.41) is 39.1. The molecule has 5 N–H and O–H groups in total. The van der Waals surface area contributed by atoms with Crippen molar-refractivity contribution in [2.75, 3.05) is 57.5 Å². The van der Waals surface area contributed by atoms with Gasteiger partial charge < -0.3 is 40.1 Å². The molecule has 0 saturated carbocycles. The molecule has 10 nitrogen and oxygen atoms in total. The van der Waals surface area contributed by atoms with Gasteiger partial charge in [-0.25, -0.2) is 9.59 Å². The van der Waals surface area contributed by atoms with Crippen molar-refractivity contribution in [1.82, 2.24) is 5.32 Å². The zero-order valence-electron chi connectivity index (χ0n) is 17.6. The van der Waals surface area contributed by atoms with E-state index in [1.165, 1.54) is 18.2 Å². The first kappa shape index (κ1) is 24.9. The van der Waals surface area contributed by atoms with E-state index in [-0.39, 0.29) is 22.6 Å². The van der Waals surface area contributed by atoms with Crippen LogP contribution in [-0.4, -0.2) is 85.0 Å². The predicted octanol–water partition coefficient (Wildman–Crippen LogP) is 1.62. The maximum atomic E-state index is 11.1. The molecule has 4 rings (SSSR count). The van der Waals surface area contributed by atoms with Crippen LogP contribution in [0, 0.1) is 0 Å². The number of hydrogen-bond donors (Lipinski definition) is 5. The smallest absolute Gasteiger partial charge is 0.341 e. The minimum absolute atomic E-state index is 0.0376. The lowest BCUT2D eigenvalue weighted by Crippen LogP contribution is -2.37. The number of benzene rings is 2. The van der Waals surface area contributed by atoms with Crippen LogP contribution in [0.1, 0.15) is 20.7 Å². The number of hydrogen-bond acceptors (Lipinski definition) is 8. The lowest BCUT2D eigenvalue weighted by Gasteiger charge is -2.30. The summed E-state index contributed by atoms with van der Waals surface area (Å²) in [6.45, 7) is 6.27. The van der Waals surface area contributed by atoms with E-state index in [0.29, 0.717) is 32.0 Å². The average molecular weight is 448 g/mol. The van der Waals surface area contributed by atoms with Gasteiger partial charge in [0.1, 0.15) is 22.6 Å². The Morgan fingerprint density at radius 3 is 1.84 bits per heavy atom. The first-order valence-electron chi connectivity index (χ1n) is 10.1. The molecule has 0 spiro atoms. The summed E-state index contributed by atoms with van der Waals surface area (Å²) in [5.74, 6) is -2.62. The maximum absolute atomic E-state index is 11.1. The molecule has 174 valence electrons.